The van der Waals surface area contributed by atoms with E-state index in [1.54, 1.807) is 0 Å². The summed E-state index contributed by atoms with van der Waals surface area (Å²) in [7, 11) is 0. The van der Waals surface area contributed by atoms with E-state index in [-0.39, 0.29) is 11.9 Å². The van der Waals surface area contributed by atoms with Crippen LogP contribution < -0.4 is 19.7 Å². The maximum absolute atomic E-state index is 12.8. The molecule has 0 amide bonds. The fourth-order valence-corrected chi connectivity index (χ4v) is 4.71. The van der Waals surface area contributed by atoms with Crippen molar-refractivity contribution in [1.29, 1.82) is 0 Å². The number of piperazine rings is 1. The van der Waals surface area contributed by atoms with E-state index in [1.165, 1.54) is 5.69 Å². The molecule has 1 saturated heterocycles. The predicted octanol–water partition coefficient (Wildman–Crippen LogP) is 5.21. The first-order valence-corrected chi connectivity index (χ1v) is 12.6. The zero-order valence-electron chi connectivity index (χ0n) is 20.1. The van der Waals surface area contributed by atoms with Crippen LogP contribution in [0.25, 0.3) is 0 Å². The number of fused-ring (bicyclic) bond motifs is 1. The Hall–Kier alpha value is -3.51. The summed E-state index contributed by atoms with van der Waals surface area (Å²) in [5, 5.41) is 3.35. The third kappa shape index (κ3) is 6.14. The van der Waals surface area contributed by atoms with Gasteiger partial charge in [0.1, 0.15) is 17.2 Å². The Bertz CT molecular complexity index is 1100. The molecular formula is C29H33N3O3. The van der Waals surface area contributed by atoms with Gasteiger partial charge in [0.15, 0.2) is 11.9 Å². The van der Waals surface area contributed by atoms with E-state index in [2.05, 4.69) is 27.2 Å². The summed E-state index contributed by atoms with van der Waals surface area (Å²) in [5.74, 6) is 2.68. The van der Waals surface area contributed by atoms with Crippen molar-refractivity contribution < 1.29 is 14.3 Å². The van der Waals surface area contributed by atoms with Crippen LogP contribution in [-0.2, 0) is 4.79 Å². The lowest BCUT2D eigenvalue weighted by atomic mass is 10.1. The van der Waals surface area contributed by atoms with Crippen LogP contribution in [0.1, 0.15) is 19.3 Å². The average Bonchev–Trinajstić information content (AvgIpc) is 3.13. The van der Waals surface area contributed by atoms with Gasteiger partial charge in [0.05, 0.1) is 5.69 Å². The molecule has 1 atom stereocenters. The molecule has 5 rings (SSSR count). The van der Waals surface area contributed by atoms with Crippen molar-refractivity contribution in [3.63, 3.8) is 0 Å². The number of ether oxygens (including phenoxy) is 2. The lowest BCUT2D eigenvalue weighted by molar-refractivity contribution is -0.126. The molecule has 1 N–H and O–H groups in total. The van der Waals surface area contributed by atoms with Crippen LogP contribution in [0.5, 0.6) is 17.2 Å². The van der Waals surface area contributed by atoms with Gasteiger partial charge in [-0.1, -0.05) is 30.3 Å². The number of anilines is 2. The summed E-state index contributed by atoms with van der Waals surface area (Å²) in [4.78, 5) is 17.7. The standard InChI is InChI=1S/C29H33N3O3/c33-27(29-16-17-30-26-9-4-5-11-28(26)35-29)10-6-18-31-19-21-32(22-20-31)23-12-14-25(15-13-23)34-24-7-2-1-3-8-24/h1-5,7-9,11-15,29-30H,6,10,16-22H2. The lowest BCUT2D eigenvalue weighted by Gasteiger charge is -2.36. The molecule has 0 bridgehead atoms. The van der Waals surface area contributed by atoms with Gasteiger partial charge < -0.3 is 19.7 Å². The quantitative estimate of drug-likeness (QED) is 0.487. The van der Waals surface area contributed by atoms with Crippen molar-refractivity contribution in [1.82, 2.24) is 4.90 Å². The number of nitrogens with one attached hydrogen (secondary N) is 1. The fourth-order valence-electron chi connectivity index (χ4n) is 4.71. The van der Waals surface area contributed by atoms with E-state index >= 15 is 0 Å². The number of hydrogen-bond acceptors (Lipinski definition) is 6. The Kier molecular flexibility index (Phi) is 7.49. The van der Waals surface area contributed by atoms with Crippen LogP contribution >= 0.6 is 0 Å². The molecule has 0 aliphatic carbocycles. The van der Waals surface area contributed by atoms with Gasteiger partial charge >= 0.3 is 0 Å². The van der Waals surface area contributed by atoms with Gasteiger partial charge in [0.25, 0.3) is 0 Å². The number of Topliss-reactive ketones (excluding diaryl/α,β-unsaturated/α-hetero) is 1. The highest BCUT2D eigenvalue weighted by atomic mass is 16.5. The molecule has 0 aromatic heterocycles. The Morgan fingerprint density at radius 1 is 0.886 bits per heavy atom. The molecule has 182 valence electrons. The Balaban J connectivity index is 1.04. The number of para-hydroxylation sites is 3. The van der Waals surface area contributed by atoms with Crippen LogP contribution in [0.3, 0.4) is 0 Å². The van der Waals surface area contributed by atoms with Crippen molar-refractivity contribution in [2.45, 2.75) is 25.4 Å². The van der Waals surface area contributed by atoms with Crippen LogP contribution in [0.15, 0.2) is 78.9 Å². The normalized spacial score (nSPS) is 18.1. The van der Waals surface area contributed by atoms with Crippen molar-refractivity contribution >= 4 is 17.2 Å². The summed E-state index contributed by atoms with van der Waals surface area (Å²) >= 11 is 0. The highest BCUT2D eigenvalue weighted by Gasteiger charge is 2.24. The monoisotopic (exact) mass is 471 g/mol. The Morgan fingerprint density at radius 3 is 2.40 bits per heavy atom. The third-order valence-electron chi connectivity index (χ3n) is 6.69. The number of ketones is 1. The van der Waals surface area contributed by atoms with Gasteiger partial charge in [-0.2, -0.15) is 0 Å². The van der Waals surface area contributed by atoms with E-state index in [4.69, 9.17) is 9.47 Å². The molecule has 0 radical (unpaired) electrons. The van der Waals surface area contributed by atoms with E-state index in [1.807, 2.05) is 66.7 Å². The summed E-state index contributed by atoms with van der Waals surface area (Å²) < 4.78 is 11.9. The molecular weight excluding hydrogens is 438 g/mol. The third-order valence-corrected chi connectivity index (χ3v) is 6.69. The maximum atomic E-state index is 12.8. The molecule has 3 aromatic carbocycles. The van der Waals surface area contributed by atoms with Crippen molar-refractivity contribution in [2.24, 2.45) is 0 Å². The van der Waals surface area contributed by atoms with Crippen molar-refractivity contribution in [3.8, 4) is 17.2 Å². The number of carbonyl (C=O) groups is 1. The van der Waals surface area contributed by atoms with Gasteiger partial charge in [0.2, 0.25) is 0 Å². The summed E-state index contributed by atoms with van der Waals surface area (Å²) in [5.41, 5.74) is 2.19. The number of rotatable bonds is 8. The molecule has 35 heavy (non-hydrogen) atoms. The maximum Gasteiger partial charge on any atom is 0.173 e. The van der Waals surface area contributed by atoms with Gasteiger partial charge in [-0.25, -0.2) is 0 Å². The first-order chi connectivity index (χ1) is 17.2. The Morgan fingerprint density at radius 2 is 1.60 bits per heavy atom. The van der Waals surface area contributed by atoms with Crippen molar-refractivity contribution in [2.75, 3.05) is 49.5 Å². The molecule has 6 heteroatoms. The summed E-state index contributed by atoms with van der Waals surface area (Å²) in [6.45, 7) is 5.70. The van der Waals surface area contributed by atoms with Gasteiger partial charge in [0, 0.05) is 51.3 Å². The first kappa shape index (κ1) is 23.2. The van der Waals surface area contributed by atoms with Gasteiger partial charge in [-0.05, 0) is 61.5 Å². The second-order valence-electron chi connectivity index (χ2n) is 9.13. The molecule has 2 heterocycles. The zero-order valence-corrected chi connectivity index (χ0v) is 20.1. The molecule has 2 aliphatic heterocycles. The van der Waals surface area contributed by atoms with Crippen LogP contribution in [0.2, 0.25) is 0 Å². The molecule has 1 unspecified atom stereocenters. The molecule has 0 saturated carbocycles. The molecule has 0 spiro atoms. The van der Waals surface area contributed by atoms with Crippen molar-refractivity contribution in [3.05, 3.63) is 78.9 Å². The predicted molar refractivity (Wildman–Crippen MR) is 140 cm³/mol. The molecule has 2 aliphatic rings. The number of carbonyl (C=O) groups excluding carboxylic acids is 1. The van der Waals surface area contributed by atoms with E-state index in [9.17, 15) is 4.79 Å². The largest absolute Gasteiger partial charge is 0.480 e. The molecule has 6 nitrogen and oxygen atoms in total. The minimum atomic E-state index is -0.350. The average molecular weight is 472 g/mol. The Labute approximate surface area is 207 Å². The smallest absolute Gasteiger partial charge is 0.173 e. The van der Waals surface area contributed by atoms with Gasteiger partial charge in [-0.3, -0.25) is 9.69 Å². The summed E-state index contributed by atoms with van der Waals surface area (Å²) in [6.07, 6.45) is 1.80. The van der Waals surface area contributed by atoms with Gasteiger partial charge in [-0.15, -0.1) is 0 Å². The second kappa shape index (κ2) is 11.3. The minimum absolute atomic E-state index is 0.208. The fraction of sp³-hybridized carbons (Fsp3) is 0.345. The topological polar surface area (TPSA) is 54.0 Å². The lowest BCUT2D eigenvalue weighted by Crippen LogP contribution is -2.46. The first-order valence-electron chi connectivity index (χ1n) is 12.6. The van der Waals surface area contributed by atoms with Crippen LogP contribution in [0, 0.1) is 0 Å². The number of nitrogens with zero attached hydrogens (tertiary/aromatic N) is 2. The molecule has 3 aromatic rings. The van der Waals surface area contributed by atoms with Crippen LogP contribution in [0.4, 0.5) is 11.4 Å². The highest BCUT2D eigenvalue weighted by molar-refractivity contribution is 5.84. The van der Waals surface area contributed by atoms with E-state index < -0.39 is 0 Å². The SMILES string of the molecule is O=C(CCCN1CCN(c2ccc(Oc3ccccc3)cc2)CC1)C1CCNc2ccccc2O1. The minimum Gasteiger partial charge on any atom is -0.480 e. The molecule has 1 fully saturated rings. The van der Waals surface area contributed by atoms with Crippen LogP contribution in [-0.4, -0.2) is 56.1 Å². The number of benzene rings is 3. The van der Waals surface area contributed by atoms with E-state index in [0.717, 1.165) is 68.6 Å². The highest BCUT2D eigenvalue weighted by Crippen LogP contribution is 2.29. The summed E-state index contributed by atoms with van der Waals surface area (Å²) in [6, 6.07) is 26.0. The zero-order chi connectivity index (χ0) is 23.9. The number of hydrogen-bond donors (Lipinski definition) is 1. The second-order valence-corrected chi connectivity index (χ2v) is 9.13. The van der Waals surface area contributed by atoms with E-state index in [0.29, 0.717) is 12.8 Å².